The largest absolute Gasteiger partial charge is 0.393 e. The lowest BCUT2D eigenvalue weighted by molar-refractivity contribution is -0.194. The average molecular weight is 433 g/mol. The van der Waals surface area contributed by atoms with E-state index in [4.69, 9.17) is 9.47 Å². The van der Waals surface area contributed by atoms with Crippen LogP contribution in [0.25, 0.3) is 0 Å². The van der Waals surface area contributed by atoms with Gasteiger partial charge in [-0.25, -0.2) is 0 Å². The Bertz CT molecular complexity index is 851. The number of aliphatic hydroxyl groups is 1. The van der Waals surface area contributed by atoms with Crippen molar-refractivity contribution in [2.75, 3.05) is 0 Å². The Kier molecular flexibility index (Phi) is 4.72. The molecule has 0 radical (unpaired) electrons. The minimum Gasteiger partial charge on any atom is -0.393 e. The molecule has 6 heteroatoms. The second kappa shape index (κ2) is 6.77. The minimum atomic E-state index is -1.10. The summed E-state index contributed by atoms with van der Waals surface area (Å²) in [6.45, 7) is 6.34. The maximum Gasteiger partial charge on any atom is 0.221 e. The number of allylic oxidation sites excluding steroid dienone is 4. The molecule has 1 saturated heterocycles. The lowest BCUT2D eigenvalue weighted by atomic mass is 9.46. The van der Waals surface area contributed by atoms with Crippen LogP contribution in [-0.4, -0.2) is 40.1 Å². The van der Waals surface area contributed by atoms with Gasteiger partial charge in [0.15, 0.2) is 17.7 Å². The number of ether oxygens (including phenoxy) is 2. The van der Waals surface area contributed by atoms with Crippen LogP contribution in [-0.2, 0) is 19.1 Å². The smallest absolute Gasteiger partial charge is 0.221 e. The first-order chi connectivity index (χ1) is 14.2. The van der Waals surface area contributed by atoms with Crippen molar-refractivity contribution in [1.82, 2.24) is 0 Å². The molecule has 4 aliphatic carbocycles. The highest BCUT2D eigenvalue weighted by Crippen LogP contribution is 2.69. The van der Waals surface area contributed by atoms with Crippen LogP contribution in [0.5, 0.6) is 0 Å². The number of carbonyl (C=O) groups is 2. The molecule has 1 N–H and O–H groups in total. The summed E-state index contributed by atoms with van der Waals surface area (Å²) in [4.78, 5) is 24.9. The first-order valence-electron chi connectivity index (χ1n) is 11.4. The molecule has 0 spiro atoms. The Balaban J connectivity index is 1.55. The zero-order chi connectivity index (χ0) is 21.5. The van der Waals surface area contributed by atoms with Crippen LogP contribution < -0.4 is 0 Å². The van der Waals surface area contributed by atoms with Crippen molar-refractivity contribution >= 4 is 23.5 Å². The van der Waals surface area contributed by atoms with Crippen molar-refractivity contribution in [3.8, 4) is 0 Å². The fourth-order valence-electron chi connectivity index (χ4n) is 7.87. The zero-order valence-corrected chi connectivity index (χ0v) is 18.9. The molecule has 164 valence electrons. The van der Waals surface area contributed by atoms with Crippen LogP contribution in [0.2, 0.25) is 0 Å². The van der Waals surface area contributed by atoms with E-state index in [9.17, 15) is 14.7 Å². The van der Waals surface area contributed by atoms with Crippen molar-refractivity contribution in [2.45, 2.75) is 83.4 Å². The van der Waals surface area contributed by atoms with Crippen LogP contribution in [0.3, 0.4) is 0 Å². The number of aliphatic hydroxyl groups excluding tert-OH is 1. The third-order valence-electron chi connectivity index (χ3n) is 9.13. The molecule has 4 fully saturated rings. The van der Waals surface area contributed by atoms with Gasteiger partial charge in [-0.15, -0.1) is 12.6 Å². The molecule has 0 bridgehead atoms. The SMILES string of the molecule is CCCC1O[C@@H]2C[C@H]3[C@@H]4CCC5=CC(=O)C=C[C@]5(C)[C@H]4[C@@H](O)C[C@]3(C)[C@]2(C(=O)S)O1. The molecule has 9 atom stereocenters. The van der Waals surface area contributed by atoms with Crippen molar-refractivity contribution in [1.29, 1.82) is 0 Å². The summed E-state index contributed by atoms with van der Waals surface area (Å²) in [6.07, 6.45) is 8.81. The van der Waals surface area contributed by atoms with E-state index in [0.29, 0.717) is 6.42 Å². The standard InChI is InChI=1S/C24H32O5S/c1-4-5-19-28-18-11-16-15-7-6-13-10-14(25)8-9-22(13,2)20(15)17(26)12-23(16,3)24(18,29-19)21(27)30/h8-10,15-20,26H,4-7,11-12H2,1-3H3,(H,27,30)/t15-,16-,17-,18+,19?,20+,22-,23-,24-/m0/s1. The molecule has 3 saturated carbocycles. The minimum absolute atomic E-state index is 0.0252. The Morgan fingerprint density at radius 1 is 1.37 bits per heavy atom. The fourth-order valence-corrected chi connectivity index (χ4v) is 8.33. The van der Waals surface area contributed by atoms with Gasteiger partial charge in [-0.3, -0.25) is 9.59 Å². The van der Waals surface area contributed by atoms with Crippen LogP contribution >= 0.6 is 12.6 Å². The van der Waals surface area contributed by atoms with E-state index in [1.54, 1.807) is 12.2 Å². The molecular formula is C24H32O5S. The van der Waals surface area contributed by atoms with E-state index in [-0.39, 0.29) is 46.5 Å². The van der Waals surface area contributed by atoms with Crippen molar-refractivity contribution < 1.29 is 24.2 Å². The van der Waals surface area contributed by atoms with Crippen molar-refractivity contribution in [3.63, 3.8) is 0 Å². The van der Waals surface area contributed by atoms with Crippen molar-refractivity contribution in [2.24, 2.45) is 28.6 Å². The molecule has 0 aromatic heterocycles. The van der Waals surface area contributed by atoms with Crippen LogP contribution in [0, 0.1) is 28.6 Å². The van der Waals surface area contributed by atoms with Gasteiger partial charge >= 0.3 is 0 Å². The normalized spacial score (nSPS) is 51.6. The van der Waals surface area contributed by atoms with Crippen LogP contribution in [0.15, 0.2) is 23.8 Å². The molecule has 1 heterocycles. The number of thiol groups is 1. The Labute approximate surface area is 183 Å². The number of hydrogen-bond donors (Lipinski definition) is 2. The van der Waals surface area contributed by atoms with Crippen LogP contribution in [0.4, 0.5) is 0 Å². The van der Waals surface area contributed by atoms with E-state index in [0.717, 1.165) is 37.7 Å². The lowest BCUT2D eigenvalue weighted by Crippen LogP contribution is -2.62. The van der Waals surface area contributed by atoms with Gasteiger partial charge in [-0.2, -0.15) is 0 Å². The third-order valence-corrected chi connectivity index (χ3v) is 9.46. The maximum atomic E-state index is 13.0. The van der Waals surface area contributed by atoms with E-state index >= 15 is 0 Å². The average Bonchev–Trinajstić information content (AvgIpc) is 3.15. The molecule has 5 aliphatic rings. The Morgan fingerprint density at radius 2 is 2.13 bits per heavy atom. The van der Waals surface area contributed by atoms with E-state index in [1.807, 2.05) is 6.08 Å². The van der Waals surface area contributed by atoms with Gasteiger partial charge in [0.25, 0.3) is 0 Å². The zero-order valence-electron chi connectivity index (χ0n) is 18.0. The summed E-state index contributed by atoms with van der Waals surface area (Å²) in [6, 6.07) is 0. The monoisotopic (exact) mass is 432 g/mol. The molecule has 1 unspecified atom stereocenters. The van der Waals surface area contributed by atoms with Gasteiger partial charge in [0.05, 0.1) is 12.2 Å². The topological polar surface area (TPSA) is 72.8 Å². The molecule has 0 aromatic carbocycles. The molecule has 0 aromatic rings. The van der Waals surface area contributed by atoms with E-state index < -0.39 is 17.1 Å². The number of ketones is 1. The first-order valence-corrected chi connectivity index (χ1v) is 11.8. The Hall–Kier alpha value is -0.950. The molecule has 0 amide bonds. The molecule has 30 heavy (non-hydrogen) atoms. The number of fused-ring (bicyclic) bond motifs is 7. The third kappa shape index (κ3) is 2.48. The summed E-state index contributed by atoms with van der Waals surface area (Å²) >= 11 is 4.30. The quantitative estimate of drug-likeness (QED) is 0.667. The number of carbonyl (C=O) groups excluding carboxylic acids is 2. The highest BCUT2D eigenvalue weighted by atomic mass is 32.1. The van der Waals surface area contributed by atoms with Gasteiger partial charge in [0, 0.05) is 16.7 Å². The van der Waals surface area contributed by atoms with Gasteiger partial charge in [0.1, 0.15) is 0 Å². The maximum absolute atomic E-state index is 13.0. The molecule has 1 aliphatic heterocycles. The van der Waals surface area contributed by atoms with E-state index in [2.05, 4.69) is 33.4 Å². The summed E-state index contributed by atoms with van der Waals surface area (Å²) < 4.78 is 12.7. The predicted octanol–water partition coefficient (Wildman–Crippen LogP) is 3.61. The van der Waals surface area contributed by atoms with Gasteiger partial charge in [-0.05, 0) is 56.1 Å². The second-order valence-corrected chi connectivity index (χ2v) is 10.9. The van der Waals surface area contributed by atoms with E-state index in [1.165, 1.54) is 0 Å². The van der Waals surface area contributed by atoms with Crippen molar-refractivity contribution in [3.05, 3.63) is 23.8 Å². The summed E-state index contributed by atoms with van der Waals surface area (Å²) in [5, 5.41) is 11.2. The second-order valence-electron chi connectivity index (χ2n) is 10.4. The van der Waals surface area contributed by atoms with Gasteiger partial charge < -0.3 is 14.6 Å². The predicted molar refractivity (Wildman–Crippen MR) is 115 cm³/mol. The summed E-state index contributed by atoms with van der Waals surface area (Å²) in [7, 11) is 0. The Morgan fingerprint density at radius 3 is 2.83 bits per heavy atom. The molecular weight excluding hydrogens is 400 g/mol. The highest BCUT2D eigenvalue weighted by Gasteiger charge is 2.75. The van der Waals surface area contributed by atoms with Gasteiger partial charge in [-0.1, -0.05) is 38.8 Å². The fraction of sp³-hybridized carbons (Fsp3) is 0.750. The lowest BCUT2D eigenvalue weighted by Gasteiger charge is -2.59. The first kappa shape index (κ1) is 20.9. The molecule has 5 rings (SSSR count). The number of hydrogen-bond acceptors (Lipinski definition) is 5. The summed E-state index contributed by atoms with van der Waals surface area (Å²) in [5.74, 6) is 0.511. The van der Waals surface area contributed by atoms with Gasteiger partial charge in [0.2, 0.25) is 5.12 Å². The molecule has 5 nitrogen and oxygen atoms in total. The number of rotatable bonds is 3. The highest BCUT2D eigenvalue weighted by molar-refractivity contribution is 7.96. The summed E-state index contributed by atoms with van der Waals surface area (Å²) in [5.41, 5.74) is -0.805. The van der Waals surface area contributed by atoms with Crippen LogP contribution in [0.1, 0.15) is 59.3 Å².